The molecule has 1 aliphatic rings. The van der Waals surface area contributed by atoms with E-state index in [9.17, 15) is 4.79 Å². The van der Waals surface area contributed by atoms with Crippen LogP contribution >= 0.6 is 0 Å². The molecule has 0 aliphatic carbocycles. The van der Waals surface area contributed by atoms with Crippen molar-refractivity contribution in [3.8, 4) is 0 Å². The second-order valence-electron chi connectivity index (χ2n) is 3.70. The maximum absolute atomic E-state index is 11.3. The van der Waals surface area contributed by atoms with E-state index in [4.69, 9.17) is 4.74 Å². The van der Waals surface area contributed by atoms with Crippen LogP contribution in [0.3, 0.4) is 0 Å². The van der Waals surface area contributed by atoms with E-state index in [2.05, 4.69) is 11.9 Å². The Kier molecular flexibility index (Phi) is 2.63. The molecule has 2 unspecified atom stereocenters. The number of aromatic nitrogens is 2. The Bertz CT molecular complexity index is 361. The minimum Gasteiger partial charge on any atom is -0.373 e. The second kappa shape index (κ2) is 3.92. The Morgan fingerprint density at radius 1 is 1.64 bits per heavy atom. The highest BCUT2D eigenvalue weighted by atomic mass is 16.5. The lowest BCUT2D eigenvalue weighted by Crippen LogP contribution is -2.27. The van der Waals surface area contributed by atoms with Gasteiger partial charge in [-0.3, -0.25) is 4.57 Å². The zero-order chi connectivity index (χ0) is 9.97. The van der Waals surface area contributed by atoms with E-state index in [1.54, 1.807) is 16.8 Å². The molecule has 0 spiro atoms. The van der Waals surface area contributed by atoms with Gasteiger partial charge in [0.15, 0.2) is 0 Å². The maximum atomic E-state index is 11.3. The van der Waals surface area contributed by atoms with E-state index >= 15 is 0 Å². The molecule has 0 bridgehead atoms. The average Bonchev–Trinajstić information content (AvgIpc) is 2.56. The molecule has 14 heavy (non-hydrogen) atoms. The molecule has 0 aromatic carbocycles. The van der Waals surface area contributed by atoms with Gasteiger partial charge in [0.05, 0.1) is 18.8 Å². The molecule has 76 valence electrons. The summed E-state index contributed by atoms with van der Waals surface area (Å²) in [6.45, 7) is 2.68. The Balaban J connectivity index is 2.04. The van der Waals surface area contributed by atoms with Crippen LogP contribution in [0.2, 0.25) is 0 Å². The third-order valence-electron chi connectivity index (χ3n) is 2.50. The predicted octanol–water partition coefficient (Wildman–Crippen LogP) is 0.811. The summed E-state index contributed by atoms with van der Waals surface area (Å²) in [6, 6.07) is 1.76. The predicted molar refractivity (Wildman–Crippen MR) is 52.1 cm³/mol. The number of hydrogen-bond donors (Lipinski definition) is 0. The lowest BCUT2D eigenvalue weighted by atomic mass is 10.2. The third kappa shape index (κ3) is 2.01. The standard InChI is InChI=1S/C10H14N2O2/c1-8-3-4-9(14-8)7-12-6-2-5-11-10(12)13/h2,5-6,8-9H,3-4,7H2,1H3. The highest BCUT2D eigenvalue weighted by Crippen LogP contribution is 2.19. The van der Waals surface area contributed by atoms with Gasteiger partial charge in [-0.2, -0.15) is 0 Å². The van der Waals surface area contributed by atoms with Crippen LogP contribution in [-0.2, 0) is 11.3 Å². The fraction of sp³-hybridized carbons (Fsp3) is 0.600. The first-order valence-corrected chi connectivity index (χ1v) is 4.92. The van der Waals surface area contributed by atoms with Crippen molar-refractivity contribution in [2.24, 2.45) is 0 Å². The molecule has 1 saturated heterocycles. The topological polar surface area (TPSA) is 44.1 Å². The first-order valence-electron chi connectivity index (χ1n) is 4.92. The zero-order valence-electron chi connectivity index (χ0n) is 8.22. The summed E-state index contributed by atoms with van der Waals surface area (Å²) in [4.78, 5) is 15.0. The summed E-state index contributed by atoms with van der Waals surface area (Å²) >= 11 is 0. The van der Waals surface area contributed by atoms with Crippen molar-refractivity contribution in [2.45, 2.75) is 38.5 Å². The zero-order valence-corrected chi connectivity index (χ0v) is 8.22. The minimum atomic E-state index is -0.198. The van der Waals surface area contributed by atoms with E-state index in [0.717, 1.165) is 12.8 Å². The van der Waals surface area contributed by atoms with Gasteiger partial charge in [0, 0.05) is 12.4 Å². The summed E-state index contributed by atoms with van der Waals surface area (Å²) < 4.78 is 7.23. The van der Waals surface area contributed by atoms with Crippen LogP contribution in [0.5, 0.6) is 0 Å². The highest BCUT2D eigenvalue weighted by molar-refractivity contribution is 4.83. The van der Waals surface area contributed by atoms with Gasteiger partial charge in [0.1, 0.15) is 0 Å². The van der Waals surface area contributed by atoms with Crippen molar-refractivity contribution in [3.05, 3.63) is 28.9 Å². The largest absolute Gasteiger partial charge is 0.373 e. The van der Waals surface area contributed by atoms with Crippen LogP contribution < -0.4 is 5.69 Å². The van der Waals surface area contributed by atoms with Crippen LogP contribution in [0, 0.1) is 0 Å². The molecular weight excluding hydrogens is 180 g/mol. The summed E-state index contributed by atoms with van der Waals surface area (Å²) in [5.74, 6) is 0. The van der Waals surface area contributed by atoms with Crippen molar-refractivity contribution in [3.63, 3.8) is 0 Å². The molecule has 0 radical (unpaired) electrons. The molecule has 2 atom stereocenters. The SMILES string of the molecule is CC1CCC(Cn2cccnc2=O)O1. The molecule has 1 aromatic heterocycles. The van der Waals surface area contributed by atoms with Gasteiger partial charge in [-0.15, -0.1) is 0 Å². The fourth-order valence-corrected chi connectivity index (χ4v) is 1.76. The first-order chi connectivity index (χ1) is 6.75. The molecule has 1 aromatic rings. The maximum Gasteiger partial charge on any atom is 0.347 e. The Labute approximate surface area is 82.5 Å². The summed E-state index contributed by atoms with van der Waals surface area (Å²) in [7, 11) is 0. The molecule has 2 rings (SSSR count). The normalized spacial score (nSPS) is 26.6. The van der Waals surface area contributed by atoms with E-state index in [1.807, 2.05) is 0 Å². The van der Waals surface area contributed by atoms with Gasteiger partial charge in [-0.05, 0) is 25.8 Å². The van der Waals surface area contributed by atoms with Crippen LogP contribution in [0.15, 0.2) is 23.3 Å². The molecule has 1 aliphatic heterocycles. The number of nitrogens with zero attached hydrogens (tertiary/aromatic N) is 2. The first kappa shape index (κ1) is 9.40. The third-order valence-corrected chi connectivity index (χ3v) is 2.50. The molecule has 4 heteroatoms. The van der Waals surface area contributed by atoms with E-state index in [-0.39, 0.29) is 11.8 Å². The van der Waals surface area contributed by atoms with E-state index < -0.39 is 0 Å². The summed E-state index contributed by atoms with van der Waals surface area (Å²) in [5, 5.41) is 0. The molecular formula is C10H14N2O2. The summed E-state index contributed by atoms with van der Waals surface area (Å²) in [5.41, 5.74) is -0.198. The van der Waals surface area contributed by atoms with Crippen LogP contribution in [-0.4, -0.2) is 21.8 Å². The summed E-state index contributed by atoms with van der Waals surface area (Å²) in [6.07, 6.45) is 5.88. The molecule has 4 nitrogen and oxygen atoms in total. The Hall–Kier alpha value is -1.16. The monoisotopic (exact) mass is 194 g/mol. The number of ether oxygens (including phenoxy) is 1. The molecule has 0 N–H and O–H groups in total. The van der Waals surface area contributed by atoms with Crippen molar-refractivity contribution in [1.82, 2.24) is 9.55 Å². The van der Waals surface area contributed by atoms with Gasteiger partial charge in [0.2, 0.25) is 0 Å². The molecule has 2 heterocycles. The number of hydrogen-bond acceptors (Lipinski definition) is 3. The van der Waals surface area contributed by atoms with Gasteiger partial charge in [-0.25, -0.2) is 9.78 Å². The van der Waals surface area contributed by atoms with Crippen molar-refractivity contribution in [1.29, 1.82) is 0 Å². The lowest BCUT2D eigenvalue weighted by molar-refractivity contribution is 0.0449. The smallest absolute Gasteiger partial charge is 0.347 e. The highest BCUT2D eigenvalue weighted by Gasteiger charge is 2.22. The van der Waals surface area contributed by atoms with Crippen LogP contribution in [0.4, 0.5) is 0 Å². The molecule has 0 amide bonds. The quantitative estimate of drug-likeness (QED) is 0.699. The van der Waals surface area contributed by atoms with Gasteiger partial charge >= 0.3 is 5.69 Å². The van der Waals surface area contributed by atoms with Crippen LogP contribution in [0.1, 0.15) is 19.8 Å². The molecule has 1 fully saturated rings. The van der Waals surface area contributed by atoms with Crippen LogP contribution in [0.25, 0.3) is 0 Å². The lowest BCUT2D eigenvalue weighted by Gasteiger charge is -2.11. The van der Waals surface area contributed by atoms with E-state index in [0.29, 0.717) is 12.6 Å². The molecule has 0 saturated carbocycles. The van der Waals surface area contributed by atoms with Crippen molar-refractivity contribution < 1.29 is 4.74 Å². The minimum absolute atomic E-state index is 0.173. The number of rotatable bonds is 2. The Morgan fingerprint density at radius 2 is 2.50 bits per heavy atom. The van der Waals surface area contributed by atoms with E-state index in [1.165, 1.54) is 6.20 Å². The average molecular weight is 194 g/mol. The Morgan fingerprint density at radius 3 is 3.14 bits per heavy atom. The second-order valence-corrected chi connectivity index (χ2v) is 3.70. The van der Waals surface area contributed by atoms with Gasteiger partial charge in [0.25, 0.3) is 0 Å². The van der Waals surface area contributed by atoms with Gasteiger partial charge < -0.3 is 4.74 Å². The van der Waals surface area contributed by atoms with Gasteiger partial charge in [-0.1, -0.05) is 0 Å². The fourth-order valence-electron chi connectivity index (χ4n) is 1.76. The van der Waals surface area contributed by atoms with Crippen molar-refractivity contribution >= 4 is 0 Å². The van der Waals surface area contributed by atoms with Crippen molar-refractivity contribution in [2.75, 3.05) is 0 Å².